The zero-order chi connectivity index (χ0) is 14.2. The summed E-state index contributed by atoms with van der Waals surface area (Å²) in [5, 5.41) is 10.7. The van der Waals surface area contributed by atoms with Gasteiger partial charge in [0.15, 0.2) is 0 Å². The van der Waals surface area contributed by atoms with Gasteiger partial charge in [-0.3, -0.25) is 0 Å². The van der Waals surface area contributed by atoms with Gasteiger partial charge in [-0.15, -0.1) is 0 Å². The first-order valence-corrected chi connectivity index (χ1v) is 8.14. The van der Waals surface area contributed by atoms with E-state index in [4.69, 9.17) is 0 Å². The number of aliphatic hydroxyl groups is 1. The second kappa shape index (κ2) is 5.30. The summed E-state index contributed by atoms with van der Waals surface area (Å²) in [6.07, 6.45) is 10.8. The molecule has 1 aliphatic heterocycles. The van der Waals surface area contributed by atoms with Crippen LogP contribution in [0.5, 0.6) is 0 Å². The maximum absolute atomic E-state index is 10.7. The lowest BCUT2D eigenvalue weighted by atomic mass is 9.80. The van der Waals surface area contributed by atoms with Gasteiger partial charge in [0.1, 0.15) is 0 Å². The summed E-state index contributed by atoms with van der Waals surface area (Å²) >= 11 is 0. The maximum Gasteiger partial charge on any atom is 0.0994 e. The van der Waals surface area contributed by atoms with E-state index in [9.17, 15) is 5.11 Å². The van der Waals surface area contributed by atoms with Crippen LogP contribution in [0.2, 0.25) is 0 Å². The number of aliphatic hydroxyl groups excluding tert-OH is 1. The van der Waals surface area contributed by atoms with Crippen molar-refractivity contribution in [2.24, 2.45) is 5.92 Å². The van der Waals surface area contributed by atoms with Gasteiger partial charge in [0.2, 0.25) is 0 Å². The molecule has 1 aromatic heterocycles. The number of para-hydroxylation sites is 1. The van der Waals surface area contributed by atoms with Crippen LogP contribution >= 0.6 is 0 Å². The van der Waals surface area contributed by atoms with E-state index in [-0.39, 0.29) is 6.10 Å². The fourth-order valence-electron chi connectivity index (χ4n) is 4.13. The molecule has 1 N–H and O–H groups in total. The molecule has 3 nitrogen and oxygen atoms in total. The van der Waals surface area contributed by atoms with Crippen molar-refractivity contribution in [3.05, 3.63) is 48.0 Å². The monoisotopic (exact) mass is 282 g/mol. The molecule has 0 spiro atoms. The Morgan fingerprint density at radius 1 is 1.19 bits per heavy atom. The van der Waals surface area contributed by atoms with Crippen molar-refractivity contribution in [3.63, 3.8) is 0 Å². The highest BCUT2D eigenvalue weighted by atomic mass is 16.3. The summed E-state index contributed by atoms with van der Waals surface area (Å²) in [7, 11) is 0. The minimum atomic E-state index is -0.190. The largest absolute Gasteiger partial charge is 0.393 e. The van der Waals surface area contributed by atoms with Crippen LogP contribution in [0.15, 0.2) is 36.8 Å². The van der Waals surface area contributed by atoms with Crippen LogP contribution in [0.4, 0.5) is 0 Å². The van der Waals surface area contributed by atoms with Gasteiger partial charge in [0.05, 0.1) is 23.8 Å². The van der Waals surface area contributed by atoms with Crippen LogP contribution in [0.3, 0.4) is 0 Å². The molecular formula is C18H22N2O. The smallest absolute Gasteiger partial charge is 0.0994 e. The molecular weight excluding hydrogens is 260 g/mol. The minimum Gasteiger partial charge on any atom is -0.393 e. The Bertz CT molecular complexity index is 628. The zero-order valence-electron chi connectivity index (χ0n) is 12.3. The average molecular weight is 282 g/mol. The van der Waals surface area contributed by atoms with Gasteiger partial charge in [-0.1, -0.05) is 37.5 Å². The van der Waals surface area contributed by atoms with Gasteiger partial charge in [0, 0.05) is 12.1 Å². The van der Waals surface area contributed by atoms with Gasteiger partial charge in [0.25, 0.3) is 0 Å². The molecule has 110 valence electrons. The van der Waals surface area contributed by atoms with Crippen molar-refractivity contribution in [1.29, 1.82) is 0 Å². The van der Waals surface area contributed by atoms with E-state index in [1.54, 1.807) is 0 Å². The molecule has 1 aliphatic carbocycles. The Labute approximate surface area is 125 Å². The number of imidazole rings is 1. The lowest BCUT2D eigenvalue weighted by molar-refractivity contribution is 0.0737. The van der Waals surface area contributed by atoms with Crippen molar-refractivity contribution in [3.8, 4) is 5.69 Å². The third-order valence-electron chi connectivity index (χ3n) is 5.27. The van der Waals surface area contributed by atoms with Crippen molar-refractivity contribution < 1.29 is 5.11 Å². The molecule has 0 unspecified atom stereocenters. The molecule has 1 fully saturated rings. The molecule has 0 saturated heterocycles. The summed E-state index contributed by atoms with van der Waals surface area (Å²) in [6, 6.07) is 8.51. The normalized spacial score (nSPS) is 22.8. The Hall–Kier alpha value is -1.61. The first-order chi connectivity index (χ1) is 10.3. The van der Waals surface area contributed by atoms with Gasteiger partial charge >= 0.3 is 0 Å². The van der Waals surface area contributed by atoms with E-state index in [1.807, 2.05) is 12.5 Å². The van der Waals surface area contributed by atoms with E-state index >= 15 is 0 Å². The fourth-order valence-corrected chi connectivity index (χ4v) is 4.13. The van der Waals surface area contributed by atoms with Crippen LogP contribution in [0, 0.1) is 5.92 Å². The number of fused-ring (bicyclic) bond motifs is 3. The van der Waals surface area contributed by atoms with Crippen LogP contribution in [-0.4, -0.2) is 20.8 Å². The third-order valence-corrected chi connectivity index (χ3v) is 5.27. The molecule has 2 heterocycles. The van der Waals surface area contributed by atoms with Crippen molar-refractivity contribution in [2.75, 3.05) is 0 Å². The topological polar surface area (TPSA) is 38.0 Å². The molecule has 0 radical (unpaired) electrons. The molecule has 2 atom stereocenters. The third kappa shape index (κ3) is 2.20. The summed E-state index contributed by atoms with van der Waals surface area (Å²) in [5.41, 5.74) is 3.79. The van der Waals surface area contributed by atoms with E-state index < -0.39 is 0 Å². The molecule has 2 aliphatic rings. The highest BCUT2D eigenvalue weighted by molar-refractivity contribution is 5.53. The standard InChI is InChI=1S/C18H22N2O/c21-18(13-6-2-1-3-7-13)10-15-14-8-4-5-9-16(14)20-12-19-11-17(15)20/h4-5,8-9,11-13,15,18,21H,1-3,6-7,10H2/t15-,18-/m0/s1. The Kier molecular flexibility index (Phi) is 3.30. The second-order valence-electron chi connectivity index (χ2n) is 6.50. The van der Waals surface area contributed by atoms with Crippen molar-refractivity contribution >= 4 is 0 Å². The quantitative estimate of drug-likeness (QED) is 0.933. The molecule has 2 aromatic rings. The zero-order valence-corrected chi connectivity index (χ0v) is 12.3. The molecule has 21 heavy (non-hydrogen) atoms. The highest BCUT2D eigenvalue weighted by Gasteiger charge is 2.32. The van der Waals surface area contributed by atoms with Crippen LogP contribution in [-0.2, 0) is 0 Å². The summed E-state index contributed by atoms with van der Waals surface area (Å²) in [6.45, 7) is 0. The van der Waals surface area contributed by atoms with Gasteiger partial charge in [-0.25, -0.2) is 4.98 Å². The maximum atomic E-state index is 10.7. The fraction of sp³-hybridized carbons (Fsp3) is 0.500. The highest BCUT2D eigenvalue weighted by Crippen LogP contribution is 2.42. The molecule has 1 saturated carbocycles. The lowest BCUT2D eigenvalue weighted by Crippen LogP contribution is -2.25. The lowest BCUT2D eigenvalue weighted by Gasteiger charge is -2.28. The molecule has 0 amide bonds. The van der Waals surface area contributed by atoms with Gasteiger partial charge in [-0.05, 0) is 36.8 Å². The number of nitrogens with zero attached hydrogens (tertiary/aromatic N) is 2. The molecule has 3 heteroatoms. The number of hydrogen-bond donors (Lipinski definition) is 1. The predicted octanol–water partition coefficient (Wildman–Crippen LogP) is 3.65. The SMILES string of the molecule is O[C@@H](C[C@H]1c2ccccc2-n2cncc21)C1CCCCC1. The van der Waals surface area contributed by atoms with E-state index in [1.165, 1.54) is 49.0 Å². The van der Waals surface area contributed by atoms with Crippen LogP contribution in [0.25, 0.3) is 5.69 Å². The molecule has 4 rings (SSSR count). The van der Waals surface area contributed by atoms with E-state index in [2.05, 4.69) is 33.8 Å². The first-order valence-electron chi connectivity index (χ1n) is 8.14. The van der Waals surface area contributed by atoms with Crippen LogP contribution in [0.1, 0.15) is 55.7 Å². The van der Waals surface area contributed by atoms with Crippen LogP contribution < -0.4 is 0 Å². The number of hydrogen-bond acceptors (Lipinski definition) is 2. The summed E-state index contributed by atoms with van der Waals surface area (Å²) < 4.78 is 2.17. The number of benzene rings is 1. The Morgan fingerprint density at radius 2 is 2.00 bits per heavy atom. The summed E-state index contributed by atoms with van der Waals surface area (Å²) in [5.74, 6) is 0.781. The van der Waals surface area contributed by atoms with Crippen molar-refractivity contribution in [2.45, 2.75) is 50.5 Å². The second-order valence-corrected chi connectivity index (χ2v) is 6.50. The van der Waals surface area contributed by atoms with E-state index in [0.717, 1.165) is 6.42 Å². The van der Waals surface area contributed by atoms with Gasteiger partial charge < -0.3 is 9.67 Å². The number of rotatable bonds is 3. The molecule has 1 aromatic carbocycles. The number of aromatic nitrogens is 2. The van der Waals surface area contributed by atoms with Crippen molar-refractivity contribution in [1.82, 2.24) is 9.55 Å². The first kappa shape index (κ1) is 13.1. The van der Waals surface area contributed by atoms with E-state index in [0.29, 0.717) is 11.8 Å². The average Bonchev–Trinajstić information content (AvgIpc) is 3.11. The Morgan fingerprint density at radius 3 is 2.86 bits per heavy atom. The predicted molar refractivity (Wildman–Crippen MR) is 82.6 cm³/mol. The van der Waals surface area contributed by atoms with Gasteiger partial charge in [-0.2, -0.15) is 0 Å². The minimum absolute atomic E-state index is 0.190. The summed E-state index contributed by atoms with van der Waals surface area (Å²) in [4.78, 5) is 4.29. The molecule has 0 bridgehead atoms. The Balaban J connectivity index is 1.60.